The van der Waals surface area contributed by atoms with Crippen LogP contribution in [0.25, 0.3) is 50.2 Å². The summed E-state index contributed by atoms with van der Waals surface area (Å²) in [6.07, 6.45) is 3.38. The summed E-state index contributed by atoms with van der Waals surface area (Å²) in [4.78, 5) is 29.2. The highest BCUT2D eigenvalue weighted by atomic mass is 35.5. The van der Waals surface area contributed by atoms with Crippen LogP contribution in [0.1, 0.15) is 5.56 Å². The molecule has 32 heavy (non-hydrogen) atoms. The molecular formula is C23H18ClN7O. The van der Waals surface area contributed by atoms with E-state index in [0.717, 1.165) is 33.2 Å². The number of benzene rings is 2. The van der Waals surface area contributed by atoms with Gasteiger partial charge < -0.3 is 4.98 Å². The van der Waals surface area contributed by atoms with Crippen molar-refractivity contribution in [2.24, 2.45) is 14.1 Å². The SMILES string of the molecule is Cc1ccc2c(-c3nc4c(Cl)ncnc4n3-c3ccc4c(c3)n(C)c(=O)n4C)c[nH]c2c1. The highest BCUT2D eigenvalue weighted by molar-refractivity contribution is 6.33. The summed E-state index contributed by atoms with van der Waals surface area (Å²) in [5, 5.41) is 1.34. The zero-order chi connectivity index (χ0) is 22.1. The number of nitrogens with one attached hydrogen (secondary N) is 1. The van der Waals surface area contributed by atoms with E-state index in [4.69, 9.17) is 16.6 Å². The van der Waals surface area contributed by atoms with Crippen LogP contribution in [-0.2, 0) is 14.1 Å². The summed E-state index contributed by atoms with van der Waals surface area (Å²) in [7, 11) is 3.53. The second-order valence-electron chi connectivity index (χ2n) is 7.93. The monoisotopic (exact) mass is 443 g/mol. The second kappa shape index (κ2) is 6.54. The van der Waals surface area contributed by atoms with Gasteiger partial charge >= 0.3 is 5.69 Å². The normalized spacial score (nSPS) is 11.9. The summed E-state index contributed by atoms with van der Waals surface area (Å²) in [6.45, 7) is 2.06. The van der Waals surface area contributed by atoms with E-state index in [2.05, 4.69) is 40.1 Å². The number of imidazole rings is 2. The van der Waals surface area contributed by atoms with Crippen LogP contribution in [0, 0.1) is 6.92 Å². The van der Waals surface area contributed by atoms with Crippen LogP contribution in [0.3, 0.4) is 0 Å². The van der Waals surface area contributed by atoms with Crippen LogP contribution < -0.4 is 5.69 Å². The summed E-state index contributed by atoms with van der Waals surface area (Å²) in [6, 6.07) is 12.1. The number of aromatic nitrogens is 7. The summed E-state index contributed by atoms with van der Waals surface area (Å²) >= 11 is 6.39. The lowest BCUT2D eigenvalue weighted by atomic mass is 10.1. The Morgan fingerprint density at radius 3 is 2.66 bits per heavy atom. The summed E-state index contributed by atoms with van der Waals surface area (Å²) in [5.74, 6) is 0.692. The smallest absolute Gasteiger partial charge is 0.328 e. The Bertz CT molecular complexity index is 1750. The molecule has 1 N–H and O–H groups in total. The number of nitrogens with zero attached hydrogens (tertiary/aromatic N) is 6. The van der Waals surface area contributed by atoms with Gasteiger partial charge in [0.25, 0.3) is 0 Å². The quantitative estimate of drug-likeness (QED) is 0.408. The van der Waals surface area contributed by atoms with Gasteiger partial charge in [0.15, 0.2) is 10.8 Å². The Kier molecular flexibility index (Phi) is 3.85. The molecule has 8 nitrogen and oxygen atoms in total. The van der Waals surface area contributed by atoms with E-state index in [1.54, 1.807) is 23.2 Å². The maximum atomic E-state index is 12.4. The van der Waals surface area contributed by atoms with E-state index in [-0.39, 0.29) is 5.69 Å². The third-order valence-corrected chi connectivity index (χ3v) is 6.27. The molecule has 0 amide bonds. The maximum absolute atomic E-state index is 12.4. The van der Waals surface area contributed by atoms with Gasteiger partial charge in [-0.2, -0.15) is 0 Å². The van der Waals surface area contributed by atoms with E-state index < -0.39 is 0 Å². The topological polar surface area (TPSA) is 86.3 Å². The average molecular weight is 444 g/mol. The lowest BCUT2D eigenvalue weighted by molar-refractivity contribution is 0.795. The average Bonchev–Trinajstić information content (AvgIpc) is 3.44. The Morgan fingerprint density at radius 2 is 1.81 bits per heavy atom. The van der Waals surface area contributed by atoms with Gasteiger partial charge in [-0.25, -0.2) is 19.7 Å². The molecule has 0 aliphatic heterocycles. The lowest BCUT2D eigenvalue weighted by Crippen LogP contribution is -2.19. The molecular weight excluding hydrogens is 426 g/mol. The molecule has 158 valence electrons. The second-order valence-corrected chi connectivity index (χ2v) is 8.29. The van der Waals surface area contributed by atoms with E-state index in [0.29, 0.717) is 22.1 Å². The molecule has 0 radical (unpaired) electrons. The third-order valence-electron chi connectivity index (χ3n) is 5.99. The van der Waals surface area contributed by atoms with Crippen molar-refractivity contribution in [3.8, 4) is 17.1 Å². The molecule has 0 saturated carbocycles. The number of rotatable bonds is 2. The van der Waals surface area contributed by atoms with Crippen molar-refractivity contribution >= 4 is 44.7 Å². The molecule has 0 saturated heterocycles. The first-order valence-corrected chi connectivity index (χ1v) is 10.4. The van der Waals surface area contributed by atoms with Crippen molar-refractivity contribution in [1.29, 1.82) is 0 Å². The number of aryl methyl sites for hydroxylation is 3. The number of fused-ring (bicyclic) bond motifs is 3. The van der Waals surface area contributed by atoms with Crippen LogP contribution in [0.2, 0.25) is 5.15 Å². The predicted molar refractivity (Wildman–Crippen MR) is 125 cm³/mol. The summed E-state index contributed by atoms with van der Waals surface area (Å²) in [5.41, 5.74) is 6.66. The molecule has 6 aromatic rings. The highest BCUT2D eigenvalue weighted by Crippen LogP contribution is 2.34. The van der Waals surface area contributed by atoms with Crippen molar-refractivity contribution in [2.45, 2.75) is 6.92 Å². The first-order chi connectivity index (χ1) is 15.4. The predicted octanol–water partition coefficient (Wildman–Crippen LogP) is 4.12. The van der Waals surface area contributed by atoms with Gasteiger partial charge in [0, 0.05) is 36.8 Å². The zero-order valence-corrected chi connectivity index (χ0v) is 18.3. The van der Waals surface area contributed by atoms with Gasteiger partial charge in [-0.05, 0) is 36.8 Å². The molecule has 9 heteroatoms. The lowest BCUT2D eigenvalue weighted by Gasteiger charge is -2.09. The number of halogens is 1. The molecule has 6 rings (SSSR count). The summed E-state index contributed by atoms with van der Waals surface area (Å²) < 4.78 is 5.23. The van der Waals surface area contributed by atoms with E-state index in [1.807, 2.05) is 29.0 Å². The zero-order valence-electron chi connectivity index (χ0n) is 17.6. The number of hydrogen-bond acceptors (Lipinski definition) is 4. The first-order valence-electron chi connectivity index (χ1n) is 10.1. The van der Waals surface area contributed by atoms with Crippen molar-refractivity contribution < 1.29 is 0 Å². The van der Waals surface area contributed by atoms with Crippen molar-refractivity contribution in [2.75, 3.05) is 0 Å². The molecule has 4 heterocycles. The Labute approximate surface area is 186 Å². The highest BCUT2D eigenvalue weighted by Gasteiger charge is 2.21. The Hall–Kier alpha value is -3.91. The molecule has 0 atom stereocenters. The van der Waals surface area contributed by atoms with Crippen LogP contribution >= 0.6 is 11.6 Å². The number of H-pyrrole nitrogens is 1. The Morgan fingerprint density at radius 1 is 1.00 bits per heavy atom. The number of aromatic amines is 1. The van der Waals surface area contributed by atoms with E-state index >= 15 is 0 Å². The van der Waals surface area contributed by atoms with Crippen LogP contribution in [0.15, 0.2) is 53.7 Å². The van der Waals surface area contributed by atoms with Crippen LogP contribution in [0.4, 0.5) is 0 Å². The maximum Gasteiger partial charge on any atom is 0.328 e. The Balaban J connectivity index is 1.71. The van der Waals surface area contributed by atoms with Crippen molar-refractivity contribution in [3.63, 3.8) is 0 Å². The van der Waals surface area contributed by atoms with Crippen LogP contribution in [0.5, 0.6) is 0 Å². The molecule has 0 bridgehead atoms. The van der Waals surface area contributed by atoms with Gasteiger partial charge in [-0.3, -0.25) is 13.7 Å². The molecule has 0 spiro atoms. The fourth-order valence-electron chi connectivity index (χ4n) is 4.35. The molecule has 0 aliphatic carbocycles. The van der Waals surface area contributed by atoms with Gasteiger partial charge in [-0.1, -0.05) is 23.7 Å². The fraction of sp³-hybridized carbons (Fsp3) is 0.130. The van der Waals surface area contributed by atoms with Crippen molar-refractivity contribution in [3.05, 3.63) is 70.1 Å². The first kappa shape index (κ1) is 18.8. The molecule has 0 aliphatic rings. The molecule has 0 unspecified atom stereocenters. The minimum atomic E-state index is -0.0785. The molecule has 0 fully saturated rings. The van der Waals surface area contributed by atoms with E-state index in [1.165, 1.54) is 11.9 Å². The van der Waals surface area contributed by atoms with Gasteiger partial charge in [-0.15, -0.1) is 0 Å². The van der Waals surface area contributed by atoms with Gasteiger partial charge in [0.05, 0.1) is 16.7 Å². The molecule has 4 aromatic heterocycles. The third kappa shape index (κ3) is 2.50. The van der Waals surface area contributed by atoms with E-state index in [9.17, 15) is 4.79 Å². The van der Waals surface area contributed by atoms with Crippen molar-refractivity contribution in [1.82, 2.24) is 33.6 Å². The number of hydrogen-bond donors (Lipinski definition) is 1. The van der Waals surface area contributed by atoms with Gasteiger partial charge in [0.1, 0.15) is 17.7 Å². The minimum absolute atomic E-state index is 0.0785. The minimum Gasteiger partial charge on any atom is -0.360 e. The standard InChI is InChI=1S/C23H18ClN7O/c1-12-4-6-14-15(10-25-16(14)8-12)21-28-19-20(24)26-11-27-22(19)31(21)13-5-7-17-18(9-13)30(3)23(32)29(17)2/h4-11,25H,1-3H3. The molecule has 2 aromatic carbocycles. The van der Waals surface area contributed by atoms with Crippen LogP contribution in [-0.4, -0.2) is 33.6 Å². The largest absolute Gasteiger partial charge is 0.360 e. The van der Waals surface area contributed by atoms with Gasteiger partial charge in [0.2, 0.25) is 0 Å². The fourth-order valence-corrected chi connectivity index (χ4v) is 4.52.